The van der Waals surface area contributed by atoms with Gasteiger partial charge in [-0.1, -0.05) is 0 Å². The van der Waals surface area contributed by atoms with E-state index in [0.29, 0.717) is 6.54 Å². The Bertz CT molecular complexity index is 767. The van der Waals surface area contributed by atoms with Crippen LogP contribution in [-0.4, -0.2) is 29.2 Å². The molecule has 0 amide bonds. The van der Waals surface area contributed by atoms with E-state index in [9.17, 15) is 12.8 Å². The number of hydrogen-bond donors (Lipinski definition) is 1. The average Bonchev–Trinajstić information content (AvgIpc) is 2.91. The van der Waals surface area contributed by atoms with Gasteiger partial charge in [0.15, 0.2) is 0 Å². The van der Waals surface area contributed by atoms with Crippen molar-refractivity contribution in [2.24, 2.45) is 0 Å². The largest absolute Gasteiger partial charge is 0.251 e. The van der Waals surface area contributed by atoms with Gasteiger partial charge in [-0.2, -0.15) is 10.4 Å². The fourth-order valence-electron chi connectivity index (χ4n) is 1.73. The van der Waals surface area contributed by atoms with Crippen LogP contribution in [0.15, 0.2) is 35.7 Å². The molecule has 1 aromatic heterocycles. The van der Waals surface area contributed by atoms with E-state index in [0.717, 1.165) is 18.2 Å². The van der Waals surface area contributed by atoms with Crippen LogP contribution >= 0.6 is 0 Å². The molecule has 0 saturated heterocycles. The van der Waals surface area contributed by atoms with Gasteiger partial charge in [0.1, 0.15) is 24.5 Å². The van der Waals surface area contributed by atoms with Crippen LogP contribution in [0.4, 0.5) is 4.39 Å². The van der Waals surface area contributed by atoms with Crippen molar-refractivity contribution in [3.63, 3.8) is 0 Å². The summed E-state index contributed by atoms with van der Waals surface area (Å²) in [6, 6.07) is 4.22. The van der Waals surface area contributed by atoms with Gasteiger partial charge in [-0.3, -0.25) is 4.68 Å². The second kappa shape index (κ2) is 5.99. The van der Waals surface area contributed by atoms with E-state index in [1.165, 1.54) is 17.3 Å². The first-order valence-electron chi connectivity index (χ1n) is 5.97. The Hall–Kier alpha value is -2.31. The lowest BCUT2D eigenvalue weighted by Gasteiger charge is -2.14. The van der Waals surface area contributed by atoms with Crippen molar-refractivity contribution in [2.75, 3.05) is 0 Å². The maximum absolute atomic E-state index is 13.2. The Kier molecular flexibility index (Phi) is 4.30. The summed E-state index contributed by atoms with van der Waals surface area (Å²) in [4.78, 5) is 3.60. The fraction of sp³-hybridized carbons (Fsp3) is 0.250. The molecule has 9 heteroatoms. The molecule has 0 aliphatic heterocycles. The first-order chi connectivity index (χ1) is 9.92. The van der Waals surface area contributed by atoms with Crippen LogP contribution in [0.3, 0.4) is 0 Å². The molecule has 21 heavy (non-hydrogen) atoms. The van der Waals surface area contributed by atoms with Crippen molar-refractivity contribution in [3.05, 3.63) is 42.2 Å². The summed E-state index contributed by atoms with van der Waals surface area (Å²) < 4.78 is 41.5. The highest BCUT2D eigenvalue weighted by Gasteiger charge is 2.19. The second-order valence-electron chi connectivity index (χ2n) is 4.39. The molecular weight excluding hydrogens is 297 g/mol. The van der Waals surface area contributed by atoms with E-state index in [1.54, 1.807) is 13.0 Å². The SMILES string of the molecule is C[C@@H](Cn1cncn1)NS(=O)(=O)c1ccc(F)c(C#N)c1. The summed E-state index contributed by atoms with van der Waals surface area (Å²) in [5, 5.41) is 12.6. The number of sulfonamides is 1. The third-order valence-electron chi connectivity index (χ3n) is 2.65. The van der Waals surface area contributed by atoms with E-state index >= 15 is 0 Å². The van der Waals surface area contributed by atoms with Gasteiger partial charge >= 0.3 is 0 Å². The number of benzene rings is 1. The van der Waals surface area contributed by atoms with Crippen LogP contribution in [-0.2, 0) is 16.6 Å². The lowest BCUT2D eigenvalue weighted by atomic mass is 10.2. The van der Waals surface area contributed by atoms with Gasteiger partial charge in [0.25, 0.3) is 0 Å². The molecule has 0 aliphatic rings. The molecule has 2 aromatic rings. The Morgan fingerprint density at radius 3 is 2.90 bits per heavy atom. The molecule has 0 radical (unpaired) electrons. The van der Waals surface area contributed by atoms with Gasteiger partial charge in [-0.15, -0.1) is 0 Å². The van der Waals surface area contributed by atoms with Gasteiger partial charge in [-0.25, -0.2) is 22.5 Å². The predicted octanol–water partition coefficient (Wildman–Crippen LogP) is 0.656. The zero-order valence-electron chi connectivity index (χ0n) is 11.1. The maximum Gasteiger partial charge on any atom is 0.240 e. The molecule has 110 valence electrons. The van der Waals surface area contributed by atoms with E-state index in [4.69, 9.17) is 5.26 Å². The highest BCUT2D eigenvalue weighted by atomic mass is 32.2. The van der Waals surface area contributed by atoms with E-state index < -0.39 is 21.9 Å². The molecule has 0 fully saturated rings. The lowest BCUT2D eigenvalue weighted by Crippen LogP contribution is -2.35. The maximum atomic E-state index is 13.2. The minimum atomic E-state index is -3.84. The third kappa shape index (κ3) is 3.62. The molecule has 1 N–H and O–H groups in total. The minimum Gasteiger partial charge on any atom is -0.251 e. The topological polar surface area (TPSA) is 101 Å². The van der Waals surface area contributed by atoms with Crippen molar-refractivity contribution < 1.29 is 12.8 Å². The van der Waals surface area contributed by atoms with E-state index in [1.807, 2.05) is 0 Å². The molecule has 1 heterocycles. The Balaban J connectivity index is 2.16. The molecule has 7 nitrogen and oxygen atoms in total. The van der Waals surface area contributed by atoms with Gasteiger partial charge in [0, 0.05) is 6.04 Å². The van der Waals surface area contributed by atoms with Crippen molar-refractivity contribution in [1.82, 2.24) is 19.5 Å². The standard InChI is InChI=1S/C12H12FN5O2S/c1-9(6-18-8-15-7-16-18)17-21(19,20)11-2-3-12(13)10(4-11)5-14/h2-4,7-9,17H,6H2,1H3/t9-/m0/s1. The average molecular weight is 309 g/mol. The zero-order valence-corrected chi connectivity index (χ0v) is 11.9. The van der Waals surface area contributed by atoms with Crippen LogP contribution in [0.25, 0.3) is 0 Å². The fourth-order valence-corrected chi connectivity index (χ4v) is 3.00. The van der Waals surface area contributed by atoms with Gasteiger partial charge < -0.3 is 0 Å². The van der Waals surface area contributed by atoms with Crippen LogP contribution in [0.5, 0.6) is 0 Å². The number of aromatic nitrogens is 3. The summed E-state index contributed by atoms with van der Waals surface area (Å²) in [6.07, 6.45) is 2.82. The molecule has 0 spiro atoms. The Labute approximate surface area is 121 Å². The van der Waals surface area contributed by atoms with Crippen LogP contribution in [0.1, 0.15) is 12.5 Å². The van der Waals surface area contributed by atoms with Gasteiger partial charge in [0.05, 0.1) is 17.0 Å². The quantitative estimate of drug-likeness (QED) is 0.874. The van der Waals surface area contributed by atoms with Crippen LogP contribution in [0.2, 0.25) is 0 Å². The van der Waals surface area contributed by atoms with Crippen molar-refractivity contribution in [2.45, 2.75) is 24.4 Å². The highest BCUT2D eigenvalue weighted by Crippen LogP contribution is 2.14. The summed E-state index contributed by atoms with van der Waals surface area (Å²) in [5.74, 6) is -0.757. The Morgan fingerprint density at radius 1 is 1.52 bits per heavy atom. The molecule has 0 unspecified atom stereocenters. The van der Waals surface area contributed by atoms with Crippen molar-refractivity contribution in [1.29, 1.82) is 5.26 Å². The molecule has 2 rings (SSSR count). The van der Waals surface area contributed by atoms with Crippen molar-refractivity contribution >= 4 is 10.0 Å². The number of hydrogen-bond acceptors (Lipinski definition) is 5. The minimum absolute atomic E-state index is 0.161. The highest BCUT2D eigenvalue weighted by molar-refractivity contribution is 7.89. The normalized spacial score (nSPS) is 12.8. The molecule has 0 bridgehead atoms. The van der Waals surface area contributed by atoms with Crippen LogP contribution < -0.4 is 4.72 Å². The molecule has 1 aromatic carbocycles. The van der Waals surface area contributed by atoms with Crippen molar-refractivity contribution in [3.8, 4) is 6.07 Å². The summed E-state index contributed by atoms with van der Waals surface area (Å²) in [6.45, 7) is 1.96. The summed E-state index contributed by atoms with van der Waals surface area (Å²) in [5.41, 5.74) is -0.318. The molecule has 0 saturated carbocycles. The smallest absolute Gasteiger partial charge is 0.240 e. The van der Waals surface area contributed by atoms with E-state index in [2.05, 4.69) is 14.8 Å². The molecule has 0 aliphatic carbocycles. The Morgan fingerprint density at radius 2 is 2.29 bits per heavy atom. The number of nitrogens with zero attached hydrogens (tertiary/aromatic N) is 4. The first kappa shape index (κ1) is 15.1. The molecular formula is C12H12FN5O2S. The number of rotatable bonds is 5. The number of halogens is 1. The number of nitriles is 1. The van der Waals surface area contributed by atoms with Gasteiger partial charge in [-0.05, 0) is 25.1 Å². The predicted molar refractivity (Wildman–Crippen MR) is 70.9 cm³/mol. The van der Waals surface area contributed by atoms with E-state index in [-0.39, 0.29) is 10.5 Å². The van der Waals surface area contributed by atoms with Crippen LogP contribution in [0, 0.1) is 17.1 Å². The summed E-state index contributed by atoms with van der Waals surface area (Å²) >= 11 is 0. The van der Waals surface area contributed by atoms with Gasteiger partial charge in [0.2, 0.25) is 10.0 Å². The zero-order chi connectivity index (χ0) is 15.5. The third-order valence-corrected chi connectivity index (χ3v) is 4.24. The summed E-state index contributed by atoms with van der Waals surface area (Å²) in [7, 11) is -3.84. The molecule has 1 atom stereocenters. The first-order valence-corrected chi connectivity index (χ1v) is 7.45. The number of nitrogens with one attached hydrogen (secondary N) is 1. The monoisotopic (exact) mass is 309 g/mol. The second-order valence-corrected chi connectivity index (χ2v) is 6.11. The lowest BCUT2D eigenvalue weighted by molar-refractivity contribution is 0.493.